The molecule has 100 valence electrons. The van der Waals surface area contributed by atoms with Crippen LogP contribution >= 0.6 is 0 Å². The second-order valence-electron chi connectivity index (χ2n) is 4.69. The molecule has 3 heteroatoms. The molecule has 1 N–H and O–H groups in total. The van der Waals surface area contributed by atoms with Gasteiger partial charge in [0.2, 0.25) is 0 Å². The molecule has 0 aromatic heterocycles. The van der Waals surface area contributed by atoms with E-state index >= 15 is 0 Å². The summed E-state index contributed by atoms with van der Waals surface area (Å²) in [7, 11) is 0. The summed E-state index contributed by atoms with van der Waals surface area (Å²) in [5.41, 5.74) is 1.34. The molecule has 0 radical (unpaired) electrons. The van der Waals surface area contributed by atoms with E-state index in [0.717, 1.165) is 39.3 Å². The lowest BCUT2D eigenvalue weighted by molar-refractivity contribution is 0.103. The summed E-state index contributed by atoms with van der Waals surface area (Å²) in [5.74, 6) is 0. The standard InChI is InChI=1S/C15H23NO2/c1-2-5-14(6-3-1)8-11-17-12-9-16-13-15-7-4-10-18-15/h1-3,5-6,15-16H,4,7-13H2. The Bertz CT molecular complexity index is 310. The number of benzene rings is 1. The lowest BCUT2D eigenvalue weighted by atomic mass is 10.2. The van der Waals surface area contributed by atoms with Gasteiger partial charge in [-0.05, 0) is 24.8 Å². The van der Waals surface area contributed by atoms with Gasteiger partial charge in [-0.15, -0.1) is 0 Å². The molecular weight excluding hydrogens is 226 g/mol. The van der Waals surface area contributed by atoms with Crippen LogP contribution in [0.4, 0.5) is 0 Å². The van der Waals surface area contributed by atoms with E-state index in [-0.39, 0.29) is 0 Å². The molecular formula is C15H23NO2. The highest BCUT2D eigenvalue weighted by atomic mass is 16.5. The van der Waals surface area contributed by atoms with E-state index < -0.39 is 0 Å². The molecule has 18 heavy (non-hydrogen) atoms. The van der Waals surface area contributed by atoms with Crippen molar-refractivity contribution >= 4 is 0 Å². The molecule has 1 aromatic rings. The summed E-state index contributed by atoms with van der Waals surface area (Å²) < 4.78 is 11.1. The summed E-state index contributed by atoms with van der Waals surface area (Å²) in [4.78, 5) is 0. The summed E-state index contributed by atoms with van der Waals surface area (Å²) in [6, 6.07) is 10.5. The molecule has 1 unspecified atom stereocenters. The van der Waals surface area contributed by atoms with E-state index in [9.17, 15) is 0 Å². The van der Waals surface area contributed by atoms with Gasteiger partial charge in [-0.2, -0.15) is 0 Å². The van der Waals surface area contributed by atoms with Gasteiger partial charge in [0.05, 0.1) is 19.3 Å². The van der Waals surface area contributed by atoms with Gasteiger partial charge in [-0.3, -0.25) is 0 Å². The van der Waals surface area contributed by atoms with Crippen molar-refractivity contribution < 1.29 is 9.47 Å². The van der Waals surface area contributed by atoms with Crippen molar-refractivity contribution in [2.24, 2.45) is 0 Å². The molecule has 1 heterocycles. The predicted octanol–water partition coefficient (Wildman–Crippen LogP) is 2.01. The first-order chi connectivity index (χ1) is 8.95. The fourth-order valence-electron chi connectivity index (χ4n) is 2.15. The van der Waals surface area contributed by atoms with Crippen molar-refractivity contribution in [2.45, 2.75) is 25.4 Å². The summed E-state index contributed by atoms with van der Waals surface area (Å²) in [5, 5.41) is 3.38. The minimum absolute atomic E-state index is 0.425. The minimum Gasteiger partial charge on any atom is -0.380 e. The quantitative estimate of drug-likeness (QED) is 0.715. The first kappa shape index (κ1) is 13.5. The number of ether oxygens (including phenoxy) is 2. The van der Waals surface area contributed by atoms with Crippen molar-refractivity contribution in [3.05, 3.63) is 35.9 Å². The van der Waals surface area contributed by atoms with Crippen molar-refractivity contribution in [1.29, 1.82) is 0 Å². The maximum atomic E-state index is 5.60. The maximum Gasteiger partial charge on any atom is 0.0700 e. The lowest BCUT2D eigenvalue weighted by Crippen LogP contribution is -2.29. The molecule has 0 saturated carbocycles. The van der Waals surface area contributed by atoms with E-state index in [1.54, 1.807) is 0 Å². The van der Waals surface area contributed by atoms with Crippen molar-refractivity contribution in [3.63, 3.8) is 0 Å². The number of nitrogens with one attached hydrogen (secondary N) is 1. The molecule has 0 amide bonds. The highest BCUT2D eigenvalue weighted by Crippen LogP contribution is 2.10. The zero-order chi connectivity index (χ0) is 12.5. The Balaban J connectivity index is 1.42. The molecule has 1 saturated heterocycles. The Morgan fingerprint density at radius 2 is 2.11 bits per heavy atom. The molecule has 1 aliphatic heterocycles. The smallest absolute Gasteiger partial charge is 0.0700 e. The molecule has 1 aliphatic rings. The van der Waals surface area contributed by atoms with Gasteiger partial charge in [0.25, 0.3) is 0 Å². The van der Waals surface area contributed by atoms with Crippen LogP contribution < -0.4 is 5.32 Å². The molecule has 1 aromatic carbocycles. The third kappa shape index (κ3) is 5.17. The van der Waals surface area contributed by atoms with Crippen LogP contribution in [0.2, 0.25) is 0 Å². The summed E-state index contributed by atoms with van der Waals surface area (Å²) >= 11 is 0. The van der Waals surface area contributed by atoms with Crippen LogP contribution in [-0.4, -0.2) is 39.0 Å². The number of hydrogen-bond donors (Lipinski definition) is 1. The Morgan fingerprint density at radius 3 is 2.89 bits per heavy atom. The van der Waals surface area contributed by atoms with Gasteiger partial charge in [-0.1, -0.05) is 30.3 Å². The average Bonchev–Trinajstić information content (AvgIpc) is 2.92. The molecule has 1 atom stereocenters. The van der Waals surface area contributed by atoms with E-state index in [1.165, 1.54) is 18.4 Å². The van der Waals surface area contributed by atoms with Crippen LogP contribution in [0.15, 0.2) is 30.3 Å². The third-order valence-corrected chi connectivity index (χ3v) is 3.20. The minimum atomic E-state index is 0.425. The second-order valence-corrected chi connectivity index (χ2v) is 4.69. The molecule has 0 spiro atoms. The summed E-state index contributed by atoms with van der Waals surface area (Å²) in [6.07, 6.45) is 3.82. The monoisotopic (exact) mass is 249 g/mol. The van der Waals surface area contributed by atoms with Gasteiger partial charge in [0, 0.05) is 19.7 Å². The van der Waals surface area contributed by atoms with Gasteiger partial charge >= 0.3 is 0 Å². The Kier molecular flexibility index (Phi) is 6.20. The van der Waals surface area contributed by atoms with Gasteiger partial charge in [0.1, 0.15) is 0 Å². The lowest BCUT2D eigenvalue weighted by Gasteiger charge is -2.10. The number of hydrogen-bond acceptors (Lipinski definition) is 3. The van der Waals surface area contributed by atoms with Crippen LogP contribution in [-0.2, 0) is 15.9 Å². The van der Waals surface area contributed by atoms with Gasteiger partial charge in [0.15, 0.2) is 0 Å². The predicted molar refractivity (Wildman–Crippen MR) is 72.8 cm³/mol. The van der Waals surface area contributed by atoms with Gasteiger partial charge in [-0.25, -0.2) is 0 Å². The Hall–Kier alpha value is -0.900. The van der Waals surface area contributed by atoms with E-state index in [0.29, 0.717) is 6.10 Å². The van der Waals surface area contributed by atoms with Crippen LogP contribution in [0.3, 0.4) is 0 Å². The maximum absolute atomic E-state index is 5.60. The molecule has 2 rings (SSSR count). The first-order valence-electron chi connectivity index (χ1n) is 6.89. The van der Waals surface area contributed by atoms with Crippen LogP contribution in [0.1, 0.15) is 18.4 Å². The van der Waals surface area contributed by atoms with E-state index in [4.69, 9.17) is 9.47 Å². The fourth-order valence-corrected chi connectivity index (χ4v) is 2.15. The number of rotatable bonds is 8. The van der Waals surface area contributed by atoms with Crippen LogP contribution in [0.25, 0.3) is 0 Å². The average molecular weight is 249 g/mol. The van der Waals surface area contributed by atoms with Crippen LogP contribution in [0, 0.1) is 0 Å². The highest BCUT2D eigenvalue weighted by molar-refractivity contribution is 5.14. The first-order valence-corrected chi connectivity index (χ1v) is 6.89. The van der Waals surface area contributed by atoms with E-state index in [2.05, 4.69) is 29.6 Å². The zero-order valence-corrected chi connectivity index (χ0v) is 10.9. The SMILES string of the molecule is c1ccc(CCOCCNCC2CCCO2)cc1. The largest absolute Gasteiger partial charge is 0.380 e. The fraction of sp³-hybridized carbons (Fsp3) is 0.600. The molecule has 1 fully saturated rings. The molecule has 0 aliphatic carbocycles. The Labute approximate surface area is 109 Å². The topological polar surface area (TPSA) is 30.5 Å². The zero-order valence-electron chi connectivity index (χ0n) is 10.9. The third-order valence-electron chi connectivity index (χ3n) is 3.20. The summed E-state index contributed by atoms with van der Waals surface area (Å²) in [6.45, 7) is 4.38. The molecule has 0 bridgehead atoms. The molecule has 3 nitrogen and oxygen atoms in total. The van der Waals surface area contributed by atoms with Crippen molar-refractivity contribution in [1.82, 2.24) is 5.32 Å². The van der Waals surface area contributed by atoms with Crippen LogP contribution in [0.5, 0.6) is 0 Å². The van der Waals surface area contributed by atoms with Gasteiger partial charge < -0.3 is 14.8 Å². The normalized spacial score (nSPS) is 19.2. The Morgan fingerprint density at radius 1 is 1.22 bits per heavy atom. The highest BCUT2D eigenvalue weighted by Gasteiger charge is 2.13. The van der Waals surface area contributed by atoms with Crippen molar-refractivity contribution in [3.8, 4) is 0 Å². The van der Waals surface area contributed by atoms with E-state index in [1.807, 2.05) is 6.07 Å². The van der Waals surface area contributed by atoms with Crippen molar-refractivity contribution in [2.75, 3.05) is 32.9 Å². The second kappa shape index (κ2) is 8.25.